The minimum Gasteiger partial charge on any atom is -0.504 e. The summed E-state index contributed by atoms with van der Waals surface area (Å²) in [6.45, 7) is 1.23. The molecule has 3 nitrogen and oxygen atoms in total. The van der Waals surface area contributed by atoms with Crippen molar-refractivity contribution in [2.24, 2.45) is 0 Å². The predicted molar refractivity (Wildman–Crippen MR) is 51.8 cm³/mol. The molecule has 15 heavy (non-hydrogen) atoms. The third kappa shape index (κ3) is 2.09. The molecular weight excluding hydrogens is 274 g/mol. The second-order valence-electron chi connectivity index (χ2n) is 2.98. The van der Waals surface area contributed by atoms with Gasteiger partial charge in [-0.15, -0.1) is 0 Å². The molecule has 0 saturated carbocycles. The Kier molecular flexibility index (Phi) is 3.28. The molecule has 0 spiro atoms. The molecule has 0 aromatic heterocycles. The number of phenolic OH excluding ortho intramolecular Hbond substituents is 1. The van der Waals surface area contributed by atoms with Gasteiger partial charge in [-0.3, -0.25) is 4.79 Å². The Morgan fingerprint density at radius 2 is 2.00 bits per heavy atom. The molecule has 0 radical (unpaired) electrons. The van der Waals surface area contributed by atoms with E-state index in [2.05, 4.69) is 15.9 Å². The maximum Gasteiger partial charge on any atom is 0.310 e. The Bertz CT molecular complexity index is 420. The van der Waals surface area contributed by atoms with Gasteiger partial charge < -0.3 is 10.2 Å². The van der Waals surface area contributed by atoms with Crippen molar-refractivity contribution in [3.63, 3.8) is 0 Å². The lowest BCUT2D eigenvalue weighted by molar-refractivity contribution is -0.138. The second-order valence-corrected chi connectivity index (χ2v) is 3.84. The molecule has 1 aromatic carbocycles. The number of aliphatic carboxylic acids is 1. The Morgan fingerprint density at radius 1 is 1.47 bits per heavy atom. The molecule has 0 saturated heterocycles. The van der Waals surface area contributed by atoms with E-state index in [4.69, 9.17) is 10.2 Å². The van der Waals surface area contributed by atoms with Crippen LogP contribution in [-0.4, -0.2) is 16.2 Å². The molecule has 0 amide bonds. The number of halogens is 3. The number of phenols is 1. The molecule has 0 fully saturated rings. The Hall–Kier alpha value is -1.17. The van der Waals surface area contributed by atoms with Crippen LogP contribution in [0.15, 0.2) is 10.5 Å². The van der Waals surface area contributed by atoms with Crippen molar-refractivity contribution in [1.82, 2.24) is 0 Å². The highest BCUT2D eigenvalue weighted by Gasteiger charge is 2.24. The normalized spacial score (nSPS) is 12.5. The van der Waals surface area contributed by atoms with Crippen molar-refractivity contribution in [3.05, 3.63) is 27.7 Å². The van der Waals surface area contributed by atoms with E-state index in [9.17, 15) is 13.6 Å². The average molecular weight is 281 g/mol. The van der Waals surface area contributed by atoms with Gasteiger partial charge in [-0.1, -0.05) is 0 Å². The molecular formula is C9H7BrF2O3. The van der Waals surface area contributed by atoms with Crippen LogP contribution in [0.3, 0.4) is 0 Å². The summed E-state index contributed by atoms with van der Waals surface area (Å²) in [4.78, 5) is 10.6. The smallest absolute Gasteiger partial charge is 0.310 e. The van der Waals surface area contributed by atoms with Crippen molar-refractivity contribution in [3.8, 4) is 5.75 Å². The lowest BCUT2D eigenvalue weighted by atomic mass is 10.0. The molecule has 6 heteroatoms. The van der Waals surface area contributed by atoms with Crippen molar-refractivity contribution >= 4 is 21.9 Å². The highest BCUT2D eigenvalue weighted by Crippen LogP contribution is 2.33. The Labute approximate surface area is 92.5 Å². The fourth-order valence-electron chi connectivity index (χ4n) is 1.05. The van der Waals surface area contributed by atoms with Gasteiger partial charge in [0.15, 0.2) is 11.6 Å². The fourth-order valence-corrected chi connectivity index (χ4v) is 1.47. The van der Waals surface area contributed by atoms with Crippen LogP contribution in [0.2, 0.25) is 0 Å². The van der Waals surface area contributed by atoms with Gasteiger partial charge in [0.05, 0.1) is 10.4 Å². The number of carboxylic acids is 1. The third-order valence-electron chi connectivity index (χ3n) is 2.00. The minimum atomic E-state index is -1.45. The van der Waals surface area contributed by atoms with Crippen molar-refractivity contribution in [2.45, 2.75) is 12.8 Å². The summed E-state index contributed by atoms with van der Waals surface area (Å²) in [5, 5.41) is 17.7. The zero-order valence-corrected chi connectivity index (χ0v) is 9.18. The SMILES string of the molecule is CC(C(=O)O)c1cc(Br)c(O)c(F)c1F. The first-order valence-electron chi connectivity index (χ1n) is 3.95. The Morgan fingerprint density at radius 3 is 2.47 bits per heavy atom. The standard InChI is InChI=1S/C9H7BrF2O3/c1-3(9(14)15)4-2-5(10)8(13)7(12)6(4)11/h2-3,13H,1H3,(H,14,15). The molecule has 2 N–H and O–H groups in total. The van der Waals surface area contributed by atoms with Crippen molar-refractivity contribution < 1.29 is 23.8 Å². The fraction of sp³-hybridized carbons (Fsp3) is 0.222. The highest BCUT2D eigenvalue weighted by atomic mass is 79.9. The number of carbonyl (C=O) groups is 1. The van der Waals surface area contributed by atoms with Crippen LogP contribution in [0.4, 0.5) is 8.78 Å². The van der Waals surface area contributed by atoms with Gasteiger partial charge in [0.25, 0.3) is 0 Å². The van der Waals surface area contributed by atoms with Gasteiger partial charge in [0, 0.05) is 5.56 Å². The topological polar surface area (TPSA) is 57.5 Å². The van der Waals surface area contributed by atoms with E-state index in [1.54, 1.807) is 0 Å². The molecule has 0 heterocycles. The van der Waals surface area contributed by atoms with Crippen LogP contribution in [0.5, 0.6) is 5.75 Å². The van der Waals surface area contributed by atoms with Crippen molar-refractivity contribution in [1.29, 1.82) is 0 Å². The van der Waals surface area contributed by atoms with E-state index in [0.717, 1.165) is 6.07 Å². The molecule has 1 rings (SSSR count). The van der Waals surface area contributed by atoms with E-state index >= 15 is 0 Å². The zero-order valence-electron chi connectivity index (χ0n) is 7.59. The van der Waals surface area contributed by atoms with Crippen LogP contribution < -0.4 is 0 Å². The van der Waals surface area contributed by atoms with Gasteiger partial charge in [-0.2, -0.15) is 4.39 Å². The minimum absolute atomic E-state index is 0.0792. The van der Waals surface area contributed by atoms with E-state index in [1.165, 1.54) is 6.92 Å². The number of hydrogen-bond acceptors (Lipinski definition) is 2. The quantitative estimate of drug-likeness (QED) is 0.819. The summed E-state index contributed by atoms with van der Waals surface area (Å²) in [5.41, 5.74) is -0.315. The van der Waals surface area contributed by atoms with Gasteiger partial charge in [0.2, 0.25) is 5.82 Å². The number of rotatable bonds is 2. The highest BCUT2D eigenvalue weighted by molar-refractivity contribution is 9.10. The van der Waals surface area contributed by atoms with Crippen molar-refractivity contribution in [2.75, 3.05) is 0 Å². The molecule has 1 unspecified atom stereocenters. The first-order valence-corrected chi connectivity index (χ1v) is 4.74. The summed E-state index contributed by atoms with van der Waals surface area (Å²) in [6.07, 6.45) is 0. The molecule has 1 aromatic rings. The lowest BCUT2D eigenvalue weighted by Crippen LogP contribution is -2.10. The molecule has 0 aliphatic heterocycles. The summed E-state index contributed by atoms with van der Waals surface area (Å²) < 4.78 is 26.2. The van der Waals surface area contributed by atoms with E-state index < -0.39 is 29.3 Å². The molecule has 0 aliphatic rings. The van der Waals surface area contributed by atoms with Crippen LogP contribution in [0, 0.1) is 11.6 Å². The average Bonchev–Trinajstić information content (AvgIpc) is 2.19. The largest absolute Gasteiger partial charge is 0.504 e. The summed E-state index contributed by atoms with van der Waals surface area (Å²) in [6, 6.07) is 1.05. The van der Waals surface area contributed by atoms with Crippen LogP contribution in [0.1, 0.15) is 18.4 Å². The summed E-state index contributed by atoms with van der Waals surface area (Å²) in [5.74, 6) is -6.12. The van der Waals surface area contributed by atoms with Gasteiger partial charge in [-0.25, -0.2) is 4.39 Å². The molecule has 82 valence electrons. The van der Waals surface area contributed by atoms with Crippen LogP contribution >= 0.6 is 15.9 Å². The first kappa shape index (κ1) is 11.9. The monoisotopic (exact) mass is 280 g/mol. The van der Waals surface area contributed by atoms with Gasteiger partial charge in [-0.05, 0) is 28.9 Å². The van der Waals surface area contributed by atoms with Gasteiger partial charge in [0.1, 0.15) is 0 Å². The molecule has 1 atom stereocenters. The van der Waals surface area contributed by atoms with Crippen LogP contribution in [0.25, 0.3) is 0 Å². The zero-order chi connectivity index (χ0) is 11.7. The Balaban J connectivity index is 3.38. The van der Waals surface area contributed by atoms with E-state index in [0.29, 0.717) is 0 Å². The number of carboxylic acid groups (broad SMARTS) is 1. The third-order valence-corrected chi connectivity index (χ3v) is 2.60. The molecule has 0 aliphatic carbocycles. The maximum absolute atomic E-state index is 13.2. The van der Waals surface area contributed by atoms with Gasteiger partial charge >= 0.3 is 5.97 Å². The van der Waals surface area contributed by atoms with Crippen LogP contribution in [-0.2, 0) is 4.79 Å². The predicted octanol–water partition coefficient (Wildman–Crippen LogP) is 2.62. The second kappa shape index (κ2) is 4.14. The lowest BCUT2D eigenvalue weighted by Gasteiger charge is -2.10. The van der Waals surface area contributed by atoms with E-state index in [-0.39, 0.29) is 10.0 Å². The summed E-state index contributed by atoms with van der Waals surface area (Å²) in [7, 11) is 0. The first-order chi connectivity index (χ1) is 6.86. The molecule has 0 bridgehead atoms. The summed E-state index contributed by atoms with van der Waals surface area (Å²) >= 11 is 2.80. The maximum atomic E-state index is 13.2. The number of hydrogen-bond donors (Lipinski definition) is 2. The van der Waals surface area contributed by atoms with E-state index in [1.807, 2.05) is 0 Å². The number of benzene rings is 1. The number of aromatic hydroxyl groups is 1.